The van der Waals surface area contributed by atoms with Crippen LogP contribution in [0.3, 0.4) is 0 Å². The monoisotopic (exact) mass is 256 g/mol. The highest BCUT2D eigenvalue weighted by Crippen LogP contribution is 2.01. The molecule has 6 heteroatoms. The van der Waals surface area contributed by atoms with Crippen LogP contribution < -0.4 is 16.0 Å². The van der Waals surface area contributed by atoms with Gasteiger partial charge in [-0.15, -0.1) is 0 Å². The van der Waals surface area contributed by atoms with Crippen molar-refractivity contribution in [3.8, 4) is 0 Å². The second-order valence-corrected chi connectivity index (χ2v) is 4.59. The number of amides is 2. The molecule has 0 aromatic rings. The second-order valence-electron chi connectivity index (χ2n) is 4.59. The third kappa shape index (κ3) is 4.27. The van der Waals surface area contributed by atoms with Crippen LogP contribution >= 0.6 is 0 Å². The van der Waals surface area contributed by atoms with Crippen molar-refractivity contribution in [2.45, 2.75) is 32.9 Å². The van der Waals surface area contributed by atoms with Gasteiger partial charge in [-0.2, -0.15) is 0 Å². The van der Waals surface area contributed by atoms with Gasteiger partial charge in [-0.1, -0.05) is 0 Å². The predicted octanol–water partition coefficient (Wildman–Crippen LogP) is -1.08. The van der Waals surface area contributed by atoms with Gasteiger partial charge in [0.25, 0.3) is 0 Å². The zero-order valence-electron chi connectivity index (χ0n) is 11.5. The SMILES string of the molecule is CCNC(=O)C(C)NC(=O)C(C)N1CCNCC1. The van der Waals surface area contributed by atoms with Gasteiger partial charge in [0, 0.05) is 32.7 Å². The number of rotatable bonds is 5. The van der Waals surface area contributed by atoms with E-state index in [-0.39, 0.29) is 17.9 Å². The lowest BCUT2D eigenvalue weighted by molar-refractivity contribution is -0.131. The maximum atomic E-state index is 12.0. The molecule has 3 N–H and O–H groups in total. The molecule has 0 radical (unpaired) electrons. The summed E-state index contributed by atoms with van der Waals surface area (Å²) in [5.74, 6) is -0.228. The van der Waals surface area contributed by atoms with Crippen molar-refractivity contribution in [3.05, 3.63) is 0 Å². The Morgan fingerprint density at radius 2 is 1.83 bits per heavy atom. The van der Waals surface area contributed by atoms with E-state index in [4.69, 9.17) is 0 Å². The maximum absolute atomic E-state index is 12.0. The molecule has 1 heterocycles. The first-order chi connectivity index (χ1) is 8.56. The lowest BCUT2D eigenvalue weighted by atomic mass is 10.2. The van der Waals surface area contributed by atoms with Crippen molar-refractivity contribution in [2.75, 3.05) is 32.7 Å². The number of carbonyl (C=O) groups excluding carboxylic acids is 2. The van der Waals surface area contributed by atoms with E-state index in [1.807, 2.05) is 13.8 Å². The van der Waals surface area contributed by atoms with E-state index in [0.717, 1.165) is 26.2 Å². The van der Waals surface area contributed by atoms with Gasteiger partial charge in [-0.25, -0.2) is 0 Å². The topological polar surface area (TPSA) is 73.5 Å². The molecular weight excluding hydrogens is 232 g/mol. The Bertz CT molecular complexity index is 290. The Morgan fingerprint density at radius 3 is 2.39 bits per heavy atom. The fourth-order valence-corrected chi connectivity index (χ4v) is 1.96. The summed E-state index contributed by atoms with van der Waals surface area (Å²) in [5.41, 5.74) is 0. The van der Waals surface area contributed by atoms with Gasteiger partial charge in [0.1, 0.15) is 6.04 Å². The van der Waals surface area contributed by atoms with E-state index in [2.05, 4.69) is 20.9 Å². The van der Waals surface area contributed by atoms with Gasteiger partial charge in [0.2, 0.25) is 11.8 Å². The Hall–Kier alpha value is -1.14. The molecule has 1 rings (SSSR count). The molecule has 0 saturated carbocycles. The fraction of sp³-hybridized carbons (Fsp3) is 0.833. The highest BCUT2D eigenvalue weighted by molar-refractivity contribution is 5.89. The standard InChI is InChI=1S/C12H24N4O2/c1-4-14-11(17)9(2)15-12(18)10(3)16-7-5-13-6-8-16/h9-10,13H,4-8H2,1-3H3,(H,14,17)(H,15,18). The number of nitrogens with one attached hydrogen (secondary N) is 3. The van der Waals surface area contributed by atoms with Crippen LogP contribution in [0.15, 0.2) is 0 Å². The molecule has 2 unspecified atom stereocenters. The molecule has 1 saturated heterocycles. The normalized spacial score (nSPS) is 19.9. The Morgan fingerprint density at radius 1 is 1.22 bits per heavy atom. The molecule has 18 heavy (non-hydrogen) atoms. The Kier molecular flexibility index (Phi) is 6.07. The van der Waals surface area contributed by atoms with Crippen molar-refractivity contribution in [3.63, 3.8) is 0 Å². The molecule has 0 spiro atoms. The molecule has 2 atom stereocenters. The first-order valence-electron chi connectivity index (χ1n) is 6.59. The molecule has 0 aromatic carbocycles. The van der Waals surface area contributed by atoms with Crippen LogP contribution in [0.4, 0.5) is 0 Å². The first-order valence-corrected chi connectivity index (χ1v) is 6.59. The van der Waals surface area contributed by atoms with E-state index in [9.17, 15) is 9.59 Å². The van der Waals surface area contributed by atoms with E-state index < -0.39 is 6.04 Å². The van der Waals surface area contributed by atoms with E-state index >= 15 is 0 Å². The number of hydrogen-bond acceptors (Lipinski definition) is 4. The zero-order valence-corrected chi connectivity index (χ0v) is 11.5. The van der Waals surface area contributed by atoms with Crippen LogP contribution in [0.1, 0.15) is 20.8 Å². The number of hydrogen-bond donors (Lipinski definition) is 3. The largest absolute Gasteiger partial charge is 0.355 e. The van der Waals surface area contributed by atoms with Crippen LogP contribution in [-0.2, 0) is 9.59 Å². The zero-order chi connectivity index (χ0) is 13.5. The third-order valence-corrected chi connectivity index (χ3v) is 3.18. The quantitative estimate of drug-likeness (QED) is 0.585. The Labute approximate surface area is 108 Å². The van der Waals surface area contributed by atoms with Gasteiger partial charge in [0.05, 0.1) is 6.04 Å². The van der Waals surface area contributed by atoms with Crippen molar-refractivity contribution >= 4 is 11.8 Å². The number of carbonyl (C=O) groups is 2. The number of piperazine rings is 1. The van der Waals surface area contributed by atoms with Gasteiger partial charge in [-0.3, -0.25) is 14.5 Å². The van der Waals surface area contributed by atoms with E-state index in [1.54, 1.807) is 6.92 Å². The predicted molar refractivity (Wildman–Crippen MR) is 70.2 cm³/mol. The highest BCUT2D eigenvalue weighted by Gasteiger charge is 2.25. The van der Waals surface area contributed by atoms with Crippen LogP contribution in [0.2, 0.25) is 0 Å². The van der Waals surface area contributed by atoms with Gasteiger partial charge >= 0.3 is 0 Å². The van der Waals surface area contributed by atoms with Crippen LogP contribution in [-0.4, -0.2) is 61.5 Å². The summed E-state index contributed by atoms with van der Waals surface area (Å²) in [6.07, 6.45) is 0. The van der Waals surface area contributed by atoms with Crippen molar-refractivity contribution < 1.29 is 9.59 Å². The summed E-state index contributed by atoms with van der Waals surface area (Å²) in [4.78, 5) is 25.7. The minimum atomic E-state index is -0.484. The molecule has 1 aliphatic rings. The molecule has 1 aliphatic heterocycles. The van der Waals surface area contributed by atoms with Crippen molar-refractivity contribution in [2.24, 2.45) is 0 Å². The first kappa shape index (κ1) is 14.9. The summed E-state index contributed by atoms with van der Waals surface area (Å²) in [6.45, 7) is 9.56. The van der Waals surface area contributed by atoms with Gasteiger partial charge in [0.15, 0.2) is 0 Å². The molecule has 0 aromatic heterocycles. The van der Waals surface area contributed by atoms with E-state index in [0.29, 0.717) is 6.54 Å². The fourth-order valence-electron chi connectivity index (χ4n) is 1.96. The average Bonchev–Trinajstić information content (AvgIpc) is 2.39. The summed E-state index contributed by atoms with van der Waals surface area (Å²) >= 11 is 0. The average molecular weight is 256 g/mol. The lowest BCUT2D eigenvalue weighted by Crippen LogP contribution is -2.55. The van der Waals surface area contributed by atoms with Crippen LogP contribution in [0.5, 0.6) is 0 Å². The Balaban J connectivity index is 2.41. The molecule has 6 nitrogen and oxygen atoms in total. The minimum Gasteiger partial charge on any atom is -0.355 e. The van der Waals surface area contributed by atoms with Gasteiger partial charge < -0.3 is 16.0 Å². The maximum Gasteiger partial charge on any atom is 0.242 e. The number of nitrogens with zero attached hydrogens (tertiary/aromatic N) is 1. The van der Waals surface area contributed by atoms with Crippen molar-refractivity contribution in [1.29, 1.82) is 0 Å². The molecule has 104 valence electrons. The molecule has 1 fully saturated rings. The second kappa shape index (κ2) is 7.33. The van der Waals surface area contributed by atoms with E-state index in [1.165, 1.54) is 0 Å². The molecule has 0 bridgehead atoms. The third-order valence-electron chi connectivity index (χ3n) is 3.18. The summed E-state index contributed by atoms with van der Waals surface area (Å²) < 4.78 is 0. The molecular formula is C12H24N4O2. The molecule has 2 amide bonds. The van der Waals surface area contributed by atoms with Crippen LogP contribution in [0, 0.1) is 0 Å². The lowest BCUT2D eigenvalue weighted by Gasteiger charge is -2.32. The minimum absolute atomic E-state index is 0.0874. The summed E-state index contributed by atoms with van der Waals surface area (Å²) in [7, 11) is 0. The van der Waals surface area contributed by atoms with Crippen LogP contribution in [0.25, 0.3) is 0 Å². The summed E-state index contributed by atoms with van der Waals surface area (Å²) in [6, 6.07) is -0.674. The van der Waals surface area contributed by atoms with Crippen molar-refractivity contribution in [1.82, 2.24) is 20.9 Å². The molecule has 0 aliphatic carbocycles. The van der Waals surface area contributed by atoms with Gasteiger partial charge in [-0.05, 0) is 20.8 Å². The summed E-state index contributed by atoms with van der Waals surface area (Å²) in [5, 5.41) is 8.69. The smallest absolute Gasteiger partial charge is 0.242 e. The highest BCUT2D eigenvalue weighted by atomic mass is 16.2. The number of likely N-dealkylation sites (N-methyl/N-ethyl adjacent to an activating group) is 1.